The van der Waals surface area contributed by atoms with Gasteiger partial charge in [-0.2, -0.15) is 11.8 Å². The third kappa shape index (κ3) is 1.52. The standard InChI is InChI=1S/C9H12N2O2S/c1-9(2-3-14-5-9)8-10-4-6(11-8)7(12)13/h4H,2-3,5H2,1H3,(H,10,11)(H,12,13). The highest BCUT2D eigenvalue weighted by atomic mass is 32.2. The highest BCUT2D eigenvalue weighted by Crippen LogP contribution is 2.36. The SMILES string of the molecule is CC1(c2ncc(C(=O)O)[nH]2)CCSC1. The third-order valence-corrected chi connectivity index (χ3v) is 3.93. The van der Waals surface area contributed by atoms with Gasteiger partial charge < -0.3 is 10.1 Å². The fourth-order valence-electron chi connectivity index (χ4n) is 1.59. The van der Waals surface area contributed by atoms with Crippen molar-refractivity contribution in [3.8, 4) is 0 Å². The molecule has 0 aromatic carbocycles. The first-order chi connectivity index (χ1) is 6.62. The second-order valence-corrected chi connectivity index (χ2v) is 4.92. The first-order valence-corrected chi connectivity index (χ1v) is 5.64. The van der Waals surface area contributed by atoms with Crippen LogP contribution in [0.2, 0.25) is 0 Å². The molecule has 2 heterocycles. The van der Waals surface area contributed by atoms with E-state index in [-0.39, 0.29) is 11.1 Å². The molecule has 14 heavy (non-hydrogen) atoms. The number of carboxylic acid groups (broad SMARTS) is 1. The molecule has 1 saturated heterocycles. The van der Waals surface area contributed by atoms with Crippen LogP contribution in [0.4, 0.5) is 0 Å². The van der Waals surface area contributed by atoms with Gasteiger partial charge in [0.2, 0.25) is 0 Å². The van der Waals surface area contributed by atoms with E-state index in [1.54, 1.807) is 0 Å². The summed E-state index contributed by atoms with van der Waals surface area (Å²) in [4.78, 5) is 17.7. The van der Waals surface area contributed by atoms with E-state index in [0.29, 0.717) is 0 Å². The Morgan fingerprint density at radius 2 is 2.57 bits per heavy atom. The van der Waals surface area contributed by atoms with Crippen LogP contribution in [0, 0.1) is 0 Å². The Morgan fingerprint density at radius 3 is 3.07 bits per heavy atom. The number of aromatic amines is 1. The molecule has 1 aromatic heterocycles. The molecule has 1 fully saturated rings. The lowest BCUT2D eigenvalue weighted by atomic mass is 9.89. The number of imidazole rings is 1. The number of hydrogen-bond donors (Lipinski definition) is 2. The molecular formula is C9H12N2O2S. The number of nitrogens with one attached hydrogen (secondary N) is 1. The molecule has 0 radical (unpaired) electrons. The average molecular weight is 212 g/mol. The summed E-state index contributed by atoms with van der Waals surface area (Å²) in [6.07, 6.45) is 2.45. The summed E-state index contributed by atoms with van der Waals surface area (Å²) < 4.78 is 0. The van der Waals surface area contributed by atoms with Crippen molar-refractivity contribution in [2.24, 2.45) is 0 Å². The third-order valence-electron chi connectivity index (χ3n) is 2.60. The predicted octanol–water partition coefficient (Wildman–Crippen LogP) is 1.50. The molecule has 1 aromatic rings. The second kappa shape index (κ2) is 3.31. The zero-order valence-corrected chi connectivity index (χ0v) is 8.73. The molecule has 5 heteroatoms. The molecule has 1 atom stereocenters. The first kappa shape index (κ1) is 9.58. The van der Waals surface area contributed by atoms with Crippen LogP contribution in [0.3, 0.4) is 0 Å². The van der Waals surface area contributed by atoms with Crippen molar-refractivity contribution in [3.05, 3.63) is 17.7 Å². The van der Waals surface area contributed by atoms with Gasteiger partial charge in [0.1, 0.15) is 11.5 Å². The summed E-state index contributed by atoms with van der Waals surface area (Å²) >= 11 is 1.89. The Hall–Kier alpha value is -0.970. The topological polar surface area (TPSA) is 66.0 Å². The minimum atomic E-state index is -0.946. The van der Waals surface area contributed by atoms with Crippen LogP contribution < -0.4 is 0 Å². The average Bonchev–Trinajstić information content (AvgIpc) is 2.71. The van der Waals surface area contributed by atoms with Crippen LogP contribution in [0.5, 0.6) is 0 Å². The van der Waals surface area contributed by atoms with Crippen LogP contribution in [-0.4, -0.2) is 32.5 Å². The summed E-state index contributed by atoms with van der Waals surface area (Å²) in [5.74, 6) is 2.00. The molecule has 0 amide bonds. The van der Waals surface area contributed by atoms with E-state index in [2.05, 4.69) is 16.9 Å². The Balaban J connectivity index is 2.28. The maximum absolute atomic E-state index is 10.7. The lowest BCUT2D eigenvalue weighted by Crippen LogP contribution is -2.22. The molecule has 1 unspecified atom stereocenters. The van der Waals surface area contributed by atoms with Gasteiger partial charge in [0.25, 0.3) is 0 Å². The molecule has 1 aliphatic heterocycles. The molecular weight excluding hydrogens is 200 g/mol. The maximum atomic E-state index is 10.7. The van der Waals surface area contributed by atoms with Gasteiger partial charge in [-0.15, -0.1) is 0 Å². The lowest BCUT2D eigenvalue weighted by molar-refractivity contribution is 0.0691. The van der Waals surface area contributed by atoms with Crippen molar-refractivity contribution >= 4 is 17.7 Å². The molecule has 2 N–H and O–H groups in total. The number of thioether (sulfide) groups is 1. The number of aromatic carboxylic acids is 1. The molecule has 0 bridgehead atoms. The summed E-state index contributed by atoms with van der Waals surface area (Å²) in [7, 11) is 0. The largest absolute Gasteiger partial charge is 0.477 e. The monoisotopic (exact) mass is 212 g/mol. The Labute approximate surface area is 86.1 Å². The maximum Gasteiger partial charge on any atom is 0.353 e. The summed E-state index contributed by atoms with van der Waals surface area (Å²) in [5.41, 5.74) is 0.205. The molecule has 0 saturated carbocycles. The van der Waals surface area contributed by atoms with Gasteiger partial charge in [0.15, 0.2) is 0 Å². The number of nitrogens with zero attached hydrogens (tertiary/aromatic N) is 1. The highest BCUT2D eigenvalue weighted by molar-refractivity contribution is 7.99. The van der Waals surface area contributed by atoms with E-state index in [4.69, 9.17) is 5.11 Å². The predicted molar refractivity (Wildman–Crippen MR) is 54.8 cm³/mol. The van der Waals surface area contributed by atoms with Gasteiger partial charge in [-0.1, -0.05) is 6.92 Å². The van der Waals surface area contributed by atoms with Gasteiger partial charge in [-0.05, 0) is 12.2 Å². The van der Waals surface area contributed by atoms with Crippen LogP contribution >= 0.6 is 11.8 Å². The smallest absolute Gasteiger partial charge is 0.353 e. The van der Waals surface area contributed by atoms with E-state index >= 15 is 0 Å². The highest BCUT2D eigenvalue weighted by Gasteiger charge is 2.34. The summed E-state index contributed by atoms with van der Waals surface area (Å²) in [6, 6.07) is 0. The normalized spacial score (nSPS) is 26.6. The van der Waals surface area contributed by atoms with Gasteiger partial charge in [-0.3, -0.25) is 0 Å². The quantitative estimate of drug-likeness (QED) is 0.779. The van der Waals surface area contributed by atoms with Gasteiger partial charge in [0, 0.05) is 11.2 Å². The minimum Gasteiger partial charge on any atom is -0.477 e. The van der Waals surface area contributed by atoms with Crippen molar-refractivity contribution < 1.29 is 9.90 Å². The van der Waals surface area contributed by atoms with Crippen molar-refractivity contribution in [2.75, 3.05) is 11.5 Å². The number of H-pyrrole nitrogens is 1. The number of carbonyl (C=O) groups is 1. The number of hydrogen-bond acceptors (Lipinski definition) is 3. The molecule has 1 aliphatic rings. The Bertz CT molecular complexity index is 355. The molecule has 76 valence electrons. The fraction of sp³-hybridized carbons (Fsp3) is 0.556. The fourth-order valence-corrected chi connectivity index (χ4v) is 3.06. The molecule has 0 spiro atoms. The second-order valence-electron chi connectivity index (χ2n) is 3.81. The van der Waals surface area contributed by atoms with Gasteiger partial charge >= 0.3 is 5.97 Å². The number of carboxylic acids is 1. The van der Waals surface area contributed by atoms with Crippen LogP contribution in [0.15, 0.2) is 6.20 Å². The van der Waals surface area contributed by atoms with Crippen molar-refractivity contribution in [1.29, 1.82) is 0 Å². The van der Waals surface area contributed by atoms with Crippen LogP contribution in [0.25, 0.3) is 0 Å². The molecule has 0 aliphatic carbocycles. The van der Waals surface area contributed by atoms with Crippen molar-refractivity contribution in [1.82, 2.24) is 9.97 Å². The molecule has 4 nitrogen and oxygen atoms in total. The zero-order valence-electron chi connectivity index (χ0n) is 7.91. The van der Waals surface area contributed by atoms with E-state index in [1.165, 1.54) is 6.20 Å². The Kier molecular flexibility index (Phi) is 2.26. The zero-order chi connectivity index (χ0) is 10.2. The van der Waals surface area contributed by atoms with E-state index in [1.807, 2.05) is 11.8 Å². The minimum absolute atomic E-state index is 0.0262. The number of aromatic nitrogens is 2. The molecule has 2 rings (SSSR count). The van der Waals surface area contributed by atoms with E-state index in [9.17, 15) is 4.79 Å². The van der Waals surface area contributed by atoms with E-state index < -0.39 is 5.97 Å². The van der Waals surface area contributed by atoms with Crippen LogP contribution in [-0.2, 0) is 5.41 Å². The first-order valence-electron chi connectivity index (χ1n) is 4.48. The Morgan fingerprint density at radius 1 is 1.79 bits per heavy atom. The van der Waals surface area contributed by atoms with Gasteiger partial charge in [-0.25, -0.2) is 9.78 Å². The van der Waals surface area contributed by atoms with Crippen molar-refractivity contribution in [3.63, 3.8) is 0 Å². The van der Waals surface area contributed by atoms with Crippen molar-refractivity contribution in [2.45, 2.75) is 18.8 Å². The van der Waals surface area contributed by atoms with E-state index in [0.717, 1.165) is 23.8 Å². The van der Waals surface area contributed by atoms with Gasteiger partial charge in [0.05, 0.1) is 6.20 Å². The lowest BCUT2D eigenvalue weighted by Gasteiger charge is -2.18. The summed E-state index contributed by atoms with van der Waals surface area (Å²) in [5, 5.41) is 8.75. The number of rotatable bonds is 2. The summed E-state index contributed by atoms with van der Waals surface area (Å²) in [6.45, 7) is 2.12. The van der Waals surface area contributed by atoms with Crippen LogP contribution in [0.1, 0.15) is 29.7 Å².